The van der Waals surface area contributed by atoms with Crippen molar-refractivity contribution >= 4 is 21.8 Å². The maximum Gasteiger partial charge on any atom is 0.242 e. The van der Waals surface area contributed by atoms with Gasteiger partial charge in [0.2, 0.25) is 10.0 Å². The van der Waals surface area contributed by atoms with Gasteiger partial charge < -0.3 is 9.88 Å². The van der Waals surface area contributed by atoms with E-state index in [9.17, 15) is 8.42 Å². The third kappa shape index (κ3) is 3.78. The first-order chi connectivity index (χ1) is 9.47. The monoisotopic (exact) mass is 317 g/mol. The average molecular weight is 317 g/mol. The van der Waals surface area contributed by atoms with Crippen LogP contribution in [-0.4, -0.2) is 38.1 Å². The van der Waals surface area contributed by atoms with Crippen LogP contribution in [-0.2, 0) is 16.6 Å². The number of nitrogens with zero attached hydrogens (tertiary/aromatic N) is 1. The van der Waals surface area contributed by atoms with Crippen molar-refractivity contribution < 1.29 is 8.42 Å². The van der Waals surface area contributed by atoms with Crippen LogP contribution in [0.3, 0.4) is 0 Å². The van der Waals surface area contributed by atoms with Gasteiger partial charge in [0, 0.05) is 36.3 Å². The minimum Gasteiger partial charge on any atom is -0.346 e. The van der Waals surface area contributed by atoms with Gasteiger partial charge in [-0.05, 0) is 32.2 Å². The van der Waals surface area contributed by atoms with Crippen LogP contribution in [0.25, 0.3) is 0 Å². The van der Waals surface area contributed by atoms with Gasteiger partial charge in [0.05, 0.1) is 4.90 Å². The standard InChI is InChI=1S/C13H23N3O2S2/c1-10(19-3)7-15-20(17,18)13-6-12(8-14-2)16(9-13)11-4-5-11/h6,9-11,14-15H,4-5,7-8H2,1-3H3. The molecular formula is C13H23N3O2S2. The molecule has 7 heteroatoms. The lowest BCUT2D eigenvalue weighted by Gasteiger charge is -2.09. The fourth-order valence-electron chi connectivity index (χ4n) is 2.05. The molecule has 5 nitrogen and oxygen atoms in total. The van der Waals surface area contributed by atoms with Gasteiger partial charge in [0.15, 0.2) is 0 Å². The van der Waals surface area contributed by atoms with Crippen LogP contribution in [0.4, 0.5) is 0 Å². The second-order valence-corrected chi connectivity index (χ2v) is 8.28. The highest BCUT2D eigenvalue weighted by molar-refractivity contribution is 7.99. The quantitative estimate of drug-likeness (QED) is 0.764. The summed E-state index contributed by atoms with van der Waals surface area (Å²) in [7, 11) is -1.53. The number of nitrogens with one attached hydrogen (secondary N) is 2. The van der Waals surface area contributed by atoms with E-state index in [1.54, 1.807) is 24.0 Å². The number of hydrogen-bond acceptors (Lipinski definition) is 4. The molecule has 1 fully saturated rings. The Morgan fingerprint density at radius 2 is 2.20 bits per heavy atom. The van der Waals surface area contributed by atoms with Gasteiger partial charge in [0.1, 0.15) is 0 Å². The van der Waals surface area contributed by atoms with Gasteiger partial charge in [-0.25, -0.2) is 13.1 Å². The zero-order valence-electron chi connectivity index (χ0n) is 12.2. The van der Waals surface area contributed by atoms with E-state index in [-0.39, 0.29) is 5.25 Å². The molecule has 0 aromatic carbocycles. The maximum atomic E-state index is 12.3. The Balaban J connectivity index is 2.16. The van der Waals surface area contributed by atoms with E-state index in [1.807, 2.05) is 20.2 Å². The Morgan fingerprint density at radius 1 is 1.50 bits per heavy atom. The third-order valence-corrected chi connectivity index (χ3v) is 5.84. The molecule has 1 aliphatic carbocycles. The minimum absolute atomic E-state index is 0.270. The van der Waals surface area contributed by atoms with Crippen LogP contribution in [0.1, 0.15) is 31.5 Å². The Morgan fingerprint density at radius 3 is 2.75 bits per heavy atom. The molecule has 0 spiro atoms. The maximum absolute atomic E-state index is 12.3. The highest BCUT2D eigenvalue weighted by Crippen LogP contribution is 2.37. The van der Waals surface area contributed by atoms with Crippen molar-refractivity contribution in [2.45, 2.75) is 42.5 Å². The molecule has 0 saturated heterocycles. The number of aromatic nitrogens is 1. The zero-order chi connectivity index (χ0) is 14.8. The van der Waals surface area contributed by atoms with Crippen LogP contribution in [0, 0.1) is 0 Å². The lowest BCUT2D eigenvalue weighted by molar-refractivity contribution is 0.581. The molecule has 114 valence electrons. The molecule has 1 aliphatic rings. The molecule has 0 bridgehead atoms. The molecule has 0 radical (unpaired) electrons. The van der Waals surface area contributed by atoms with Crippen LogP contribution in [0.5, 0.6) is 0 Å². The van der Waals surface area contributed by atoms with Crippen LogP contribution >= 0.6 is 11.8 Å². The van der Waals surface area contributed by atoms with Gasteiger partial charge in [0.25, 0.3) is 0 Å². The van der Waals surface area contributed by atoms with Crippen molar-refractivity contribution in [3.63, 3.8) is 0 Å². The van der Waals surface area contributed by atoms with E-state index in [2.05, 4.69) is 14.6 Å². The largest absolute Gasteiger partial charge is 0.346 e. The molecule has 20 heavy (non-hydrogen) atoms. The molecule has 1 aromatic rings. The van der Waals surface area contributed by atoms with Crippen LogP contribution < -0.4 is 10.0 Å². The van der Waals surface area contributed by atoms with E-state index in [0.29, 0.717) is 24.0 Å². The molecule has 1 atom stereocenters. The highest BCUT2D eigenvalue weighted by atomic mass is 32.2. The van der Waals surface area contributed by atoms with Crippen molar-refractivity contribution in [2.75, 3.05) is 19.8 Å². The van der Waals surface area contributed by atoms with Crippen molar-refractivity contribution in [1.29, 1.82) is 0 Å². The molecule has 0 amide bonds. The summed E-state index contributed by atoms with van der Waals surface area (Å²) >= 11 is 1.65. The number of hydrogen-bond donors (Lipinski definition) is 2. The van der Waals surface area contributed by atoms with Gasteiger partial charge in [-0.1, -0.05) is 6.92 Å². The van der Waals surface area contributed by atoms with Crippen molar-refractivity contribution in [2.24, 2.45) is 0 Å². The van der Waals surface area contributed by atoms with Gasteiger partial charge in [-0.15, -0.1) is 0 Å². The van der Waals surface area contributed by atoms with E-state index < -0.39 is 10.0 Å². The van der Waals surface area contributed by atoms with Gasteiger partial charge in [-0.2, -0.15) is 11.8 Å². The minimum atomic E-state index is -3.40. The fraction of sp³-hybridized carbons (Fsp3) is 0.692. The zero-order valence-corrected chi connectivity index (χ0v) is 13.9. The van der Waals surface area contributed by atoms with E-state index in [4.69, 9.17) is 0 Å². The predicted octanol–water partition coefficient (Wildman–Crippen LogP) is 1.57. The molecule has 1 saturated carbocycles. The van der Waals surface area contributed by atoms with Crippen molar-refractivity contribution in [3.8, 4) is 0 Å². The van der Waals surface area contributed by atoms with Gasteiger partial charge in [-0.3, -0.25) is 0 Å². The summed E-state index contributed by atoms with van der Waals surface area (Å²) in [6.07, 6.45) is 6.04. The first kappa shape index (κ1) is 15.9. The normalized spacial score (nSPS) is 17.4. The smallest absolute Gasteiger partial charge is 0.242 e. The number of rotatable bonds is 8. The highest BCUT2D eigenvalue weighted by Gasteiger charge is 2.28. The summed E-state index contributed by atoms with van der Waals surface area (Å²) < 4.78 is 29.4. The second kappa shape index (κ2) is 6.51. The molecule has 1 unspecified atom stereocenters. The molecule has 1 aromatic heterocycles. The molecule has 2 N–H and O–H groups in total. The Hall–Kier alpha value is -0.500. The first-order valence-electron chi connectivity index (χ1n) is 6.85. The summed E-state index contributed by atoms with van der Waals surface area (Å²) in [5, 5.41) is 3.36. The molecule has 2 rings (SSSR count). The summed E-state index contributed by atoms with van der Waals surface area (Å²) in [5.74, 6) is 0. The van der Waals surface area contributed by atoms with Crippen molar-refractivity contribution in [3.05, 3.63) is 18.0 Å². The lowest BCUT2D eigenvalue weighted by Crippen LogP contribution is -2.29. The Kier molecular flexibility index (Phi) is 5.17. The molecular weight excluding hydrogens is 294 g/mol. The number of sulfonamides is 1. The Bertz CT molecular complexity index is 550. The number of thioether (sulfide) groups is 1. The molecule has 1 heterocycles. The van der Waals surface area contributed by atoms with E-state index in [1.165, 1.54) is 0 Å². The first-order valence-corrected chi connectivity index (χ1v) is 9.63. The summed E-state index contributed by atoms with van der Waals surface area (Å²) in [6.45, 7) is 3.15. The van der Waals surface area contributed by atoms with Crippen LogP contribution in [0.15, 0.2) is 17.2 Å². The summed E-state index contributed by atoms with van der Waals surface area (Å²) in [4.78, 5) is 0.378. The third-order valence-electron chi connectivity index (χ3n) is 3.48. The summed E-state index contributed by atoms with van der Waals surface area (Å²) in [6, 6.07) is 2.26. The van der Waals surface area contributed by atoms with Crippen molar-refractivity contribution in [1.82, 2.24) is 14.6 Å². The lowest BCUT2D eigenvalue weighted by atomic mass is 10.4. The fourth-order valence-corrected chi connectivity index (χ4v) is 3.59. The Labute approximate surface area is 125 Å². The predicted molar refractivity (Wildman–Crippen MR) is 83.6 cm³/mol. The van der Waals surface area contributed by atoms with Crippen LogP contribution in [0.2, 0.25) is 0 Å². The topological polar surface area (TPSA) is 63.1 Å². The molecule has 0 aliphatic heterocycles. The second-order valence-electron chi connectivity index (χ2n) is 5.23. The SMILES string of the molecule is CNCc1cc(S(=O)(=O)NCC(C)SC)cn1C1CC1. The summed E-state index contributed by atoms with van der Waals surface area (Å²) in [5.41, 5.74) is 1.04. The van der Waals surface area contributed by atoms with Gasteiger partial charge >= 0.3 is 0 Å². The van der Waals surface area contributed by atoms with E-state index >= 15 is 0 Å². The average Bonchev–Trinajstić information content (AvgIpc) is 3.17. The van der Waals surface area contributed by atoms with E-state index in [0.717, 1.165) is 18.5 Å².